The van der Waals surface area contributed by atoms with Gasteiger partial charge in [0.15, 0.2) is 0 Å². The fraction of sp³-hybridized carbons (Fsp3) is 0.222. The molecule has 0 spiro atoms. The minimum Gasteiger partial charge on any atom is -0.493 e. The number of ether oxygens (including phenoxy) is 1. The van der Waals surface area contributed by atoms with Crippen LogP contribution in [0.3, 0.4) is 0 Å². The molecule has 0 aliphatic carbocycles. The van der Waals surface area contributed by atoms with Gasteiger partial charge >= 0.3 is 6.03 Å². The van der Waals surface area contributed by atoms with Gasteiger partial charge in [0, 0.05) is 17.8 Å². The summed E-state index contributed by atoms with van der Waals surface area (Å²) in [6, 6.07) is 13.9. The molecule has 6 heteroatoms. The van der Waals surface area contributed by atoms with Crippen molar-refractivity contribution in [2.45, 2.75) is 13.3 Å². The van der Waals surface area contributed by atoms with E-state index in [0.29, 0.717) is 30.8 Å². The molecule has 3 amide bonds. The number of carbonyl (C=O) groups excluding carboxylic acids is 2. The lowest BCUT2D eigenvalue weighted by molar-refractivity contribution is 0.100. The Hall–Kier alpha value is -3.02. The van der Waals surface area contributed by atoms with Crippen LogP contribution in [0.2, 0.25) is 0 Å². The summed E-state index contributed by atoms with van der Waals surface area (Å²) in [6.45, 7) is 3.01. The van der Waals surface area contributed by atoms with Gasteiger partial charge in [0.25, 0.3) is 0 Å². The van der Waals surface area contributed by atoms with Crippen LogP contribution in [0.4, 0.5) is 10.5 Å². The third kappa shape index (κ3) is 5.31. The molecule has 0 bridgehead atoms. The number of primary amides is 1. The highest BCUT2D eigenvalue weighted by Gasteiger charge is 2.03. The Balaban J connectivity index is 1.66. The average molecular weight is 327 g/mol. The largest absolute Gasteiger partial charge is 0.493 e. The first-order valence-electron chi connectivity index (χ1n) is 7.69. The Morgan fingerprint density at radius 3 is 2.46 bits per heavy atom. The van der Waals surface area contributed by atoms with Gasteiger partial charge in [-0.25, -0.2) is 4.79 Å². The number of para-hydroxylation sites is 1. The molecule has 126 valence electrons. The SMILES string of the molecule is Cc1ccccc1OCCCNC(=O)Nc1ccc(C(N)=O)cc1. The van der Waals surface area contributed by atoms with Gasteiger partial charge in [-0.1, -0.05) is 18.2 Å². The molecule has 24 heavy (non-hydrogen) atoms. The number of carbonyl (C=O) groups is 2. The van der Waals surface area contributed by atoms with Crippen LogP contribution in [0.25, 0.3) is 0 Å². The van der Waals surface area contributed by atoms with Crippen molar-refractivity contribution in [1.29, 1.82) is 0 Å². The molecule has 0 atom stereocenters. The monoisotopic (exact) mass is 327 g/mol. The lowest BCUT2D eigenvalue weighted by Gasteiger charge is -2.10. The van der Waals surface area contributed by atoms with Crippen LogP contribution in [0, 0.1) is 6.92 Å². The van der Waals surface area contributed by atoms with Gasteiger partial charge in [-0.2, -0.15) is 0 Å². The lowest BCUT2D eigenvalue weighted by Crippen LogP contribution is -2.30. The van der Waals surface area contributed by atoms with Gasteiger partial charge in [0.05, 0.1) is 6.61 Å². The van der Waals surface area contributed by atoms with Crippen molar-refractivity contribution in [2.24, 2.45) is 5.73 Å². The molecular formula is C18H21N3O3. The minimum absolute atomic E-state index is 0.308. The zero-order chi connectivity index (χ0) is 17.4. The highest BCUT2D eigenvalue weighted by atomic mass is 16.5. The fourth-order valence-electron chi connectivity index (χ4n) is 2.07. The van der Waals surface area contributed by atoms with Crippen LogP contribution in [-0.4, -0.2) is 25.1 Å². The molecule has 2 aromatic rings. The van der Waals surface area contributed by atoms with E-state index in [4.69, 9.17) is 10.5 Å². The Morgan fingerprint density at radius 2 is 1.79 bits per heavy atom. The van der Waals surface area contributed by atoms with Crippen LogP contribution in [0.15, 0.2) is 48.5 Å². The first kappa shape index (κ1) is 17.3. The van der Waals surface area contributed by atoms with Crippen molar-refractivity contribution in [3.05, 3.63) is 59.7 Å². The molecule has 0 aliphatic rings. The molecule has 0 fully saturated rings. The smallest absolute Gasteiger partial charge is 0.319 e. The van der Waals surface area contributed by atoms with Crippen molar-refractivity contribution in [3.8, 4) is 5.75 Å². The number of amides is 3. The Morgan fingerprint density at radius 1 is 1.08 bits per heavy atom. The summed E-state index contributed by atoms with van der Waals surface area (Å²) in [5.74, 6) is 0.358. The zero-order valence-electron chi connectivity index (χ0n) is 13.5. The standard InChI is InChI=1S/C18H21N3O3/c1-13-5-2-3-6-16(13)24-12-4-11-20-18(23)21-15-9-7-14(8-10-15)17(19)22/h2-3,5-10H,4,11-12H2,1H3,(H2,19,22)(H2,20,21,23). The molecule has 2 aromatic carbocycles. The molecule has 0 unspecified atom stereocenters. The van der Waals surface area contributed by atoms with Crippen molar-refractivity contribution in [3.63, 3.8) is 0 Å². The summed E-state index contributed by atoms with van der Waals surface area (Å²) in [7, 11) is 0. The maximum atomic E-state index is 11.8. The Labute approximate surface area is 141 Å². The zero-order valence-corrected chi connectivity index (χ0v) is 13.5. The van der Waals surface area contributed by atoms with Crippen LogP contribution >= 0.6 is 0 Å². The number of benzene rings is 2. The van der Waals surface area contributed by atoms with E-state index >= 15 is 0 Å². The number of anilines is 1. The van der Waals surface area contributed by atoms with Crippen molar-refractivity contribution >= 4 is 17.6 Å². The molecule has 6 nitrogen and oxygen atoms in total. The number of nitrogens with one attached hydrogen (secondary N) is 2. The molecule has 2 rings (SSSR count). The number of hydrogen-bond donors (Lipinski definition) is 3. The van der Waals surface area contributed by atoms with E-state index in [1.165, 1.54) is 0 Å². The topological polar surface area (TPSA) is 93.4 Å². The normalized spacial score (nSPS) is 10.0. The summed E-state index contributed by atoms with van der Waals surface area (Å²) in [4.78, 5) is 22.7. The number of hydrogen-bond acceptors (Lipinski definition) is 3. The van der Waals surface area contributed by atoms with Crippen molar-refractivity contribution < 1.29 is 14.3 Å². The fourth-order valence-corrected chi connectivity index (χ4v) is 2.07. The maximum absolute atomic E-state index is 11.8. The maximum Gasteiger partial charge on any atom is 0.319 e. The number of rotatable bonds is 7. The van der Waals surface area contributed by atoms with Gasteiger partial charge in [-0.3, -0.25) is 4.79 Å². The molecule has 0 aromatic heterocycles. The summed E-state index contributed by atoms with van der Waals surface area (Å²) in [6.07, 6.45) is 0.697. The second kappa shape index (κ2) is 8.57. The van der Waals surface area contributed by atoms with Gasteiger partial charge in [0.1, 0.15) is 5.75 Å². The van der Waals surface area contributed by atoms with Crippen LogP contribution in [0.1, 0.15) is 22.3 Å². The third-order valence-electron chi connectivity index (χ3n) is 3.39. The van der Waals surface area contributed by atoms with Crippen LogP contribution in [-0.2, 0) is 0 Å². The minimum atomic E-state index is -0.500. The van der Waals surface area contributed by atoms with E-state index in [9.17, 15) is 9.59 Å². The average Bonchev–Trinajstić information content (AvgIpc) is 2.56. The molecule has 0 heterocycles. The lowest BCUT2D eigenvalue weighted by atomic mass is 10.2. The first-order chi connectivity index (χ1) is 11.6. The van der Waals surface area contributed by atoms with Crippen LogP contribution < -0.4 is 21.1 Å². The Bertz CT molecular complexity index is 699. The molecule has 0 saturated carbocycles. The van der Waals surface area contributed by atoms with E-state index < -0.39 is 5.91 Å². The van der Waals surface area contributed by atoms with Crippen LogP contribution in [0.5, 0.6) is 5.75 Å². The molecule has 0 radical (unpaired) electrons. The predicted molar refractivity (Wildman–Crippen MR) is 93.3 cm³/mol. The second-order valence-electron chi connectivity index (χ2n) is 5.29. The molecular weight excluding hydrogens is 306 g/mol. The summed E-state index contributed by atoms with van der Waals surface area (Å²) in [5.41, 5.74) is 7.23. The highest BCUT2D eigenvalue weighted by Crippen LogP contribution is 2.16. The molecule has 4 N–H and O–H groups in total. The summed E-state index contributed by atoms with van der Waals surface area (Å²) in [5, 5.41) is 5.43. The van der Waals surface area contributed by atoms with E-state index in [1.807, 2.05) is 31.2 Å². The quantitative estimate of drug-likeness (QED) is 0.683. The highest BCUT2D eigenvalue weighted by molar-refractivity contribution is 5.94. The van der Waals surface area contributed by atoms with E-state index in [0.717, 1.165) is 11.3 Å². The Kier molecular flexibility index (Phi) is 6.19. The van der Waals surface area contributed by atoms with Crippen molar-refractivity contribution in [2.75, 3.05) is 18.5 Å². The predicted octanol–water partition coefficient (Wildman–Crippen LogP) is 2.68. The van der Waals surface area contributed by atoms with E-state index in [2.05, 4.69) is 10.6 Å². The summed E-state index contributed by atoms with van der Waals surface area (Å²) < 4.78 is 5.66. The number of urea groups is 1. The number of aryl methyl sites for hydroxylation is 1. The van der Waals surface area contributed by atoms with E-state index in [1.54, 1.807) is 24.3 Å². The molecule has 0 saturated heterocycles. The van der Waals surface area contributed by atoms with Gasteiger partial charge in [0.2, 0.25) is 5.91 Å². The van der Waals surface area contributed by atoms with Gasteiger partial charge < -0.3 is 21.1 Å². The summed E-state index contributed by atoms with van der Waals surface area (Å²) >= 11 is 0. The van der Waals surface area contributed by atoms with Gasteiger partial charge in [-0.05, 0) is 49.2 Å². The second-order valence-corrected chi connectivity index (χ2v) is 5.29. The third-order valence-corrected chi connectivity index (χ3v) is 3.39. The van der Waals surface area contributed by atoms with Crippen molar-refractivity contribution in [1.82, 2.24) is 5.32 Å². The number of nitrogens with two attached hydrogens (primary N) is 1. The van der Waals surface area contributed by atoms with E-state index in [-0.39, 0.29) is 6.03 Å². The molecule has 0 aliphatic heterocycles. The van der Waals surface area contributed by atoms with Gasteiger partial charge in [-0.15, -0.1) is 0 Å². The first-order valence-corrected chi connectivity index (χ1v) is 7.69.